The maximum Gasteiger partial charge on any atom is 0.238 e. The molecule has 1 saturated heterocycles. The smallest absolute Gasteiger partial charge is 0.238 e. The van der Waals surface area contributed by atoms with Crippen LogP contribution in [0.25, 0.3) is 0 Å². The molecule has 1 atom stereocenters. The molecule has 1 aliphatic heterocycles. The van der Waals surface area contributed by atoms with Gasteiger partial charge in [0.1, 0.15) is 0 Å². The fraction of sp³-hybridized carbons (Fsp3) is 0.556. The van der Waals surface area contributed by atoms with Gasteiger partial charge in [0.05, 0.1) is 15.3 Å². The second-order valence-corrected chi connectivity index (χ2v) is 9.32. The summed E-state index contributed by atoms with van der Waals surface area (Å²) < 4.78 is 2.22. The minimum absolute atomic E-state index is 0.188. The number of hydrogen-bond donors (Lipinski definition) is 1. The van der Waals surface area contributed by atoms with Gasteiger partial charge < -0.3 is 10.2 Å². The fourth-order valence-corrected chi connectivity index (χ4v) is 4.59. The third kappa shape index (κ3) is 4.39. The molecule has 0 radical (unpaired) electrons. The molecule has 1 amide bonds. The highest BCUT2D eigenvalue weighted by molar-refractivity contribution is 8.00. The fourth-order valence-electron chi connectivity index (χ4n) is 3.25. The maximum atomic E-state index is 12.6. The summed E-state index contributed by atoms with van der Waals surface area (Å²) in [7, 11) is 0. The predicted octanol–water partition coefficient (Wildman–Crippen LogP) is 4.42. The Morgan fingerprint density at radius 2 is 2.00 bits per heavy atom. The predicted molar refractivity (Wildman–Crippen MR) is 113 cm³/mol. The Morgan fingerprint density at radius 3 is 2.68 bits per heavy atom. The van der Waals surface area contributed by atoms with Gasteiger partial charge in [0, 0.05) is 25.3 Å². The van der Waals surface area contributed by atoms with Gasteiger partial charge in [-0.3, -0.25) is 9.36 Å². The molecule has 2 aromatic heterocycles. The van der Waals surface area contributed by atoms with Crippen LogP contribution in [0.2, 0.25) is 10.0 Å². The van der Waals surface area contributed by atoms with Crippen molar-refractivity contribution in [2.75, 3.05) is 23.3 Å². The number of pyridine rings is 1. The molecule has 2 aromatic rings. The summed E-state index contributed by atoms with van der Waals surface area (Å²) in [6.07, 6.45) is 7.37. The molecule has 0 aromatic carbocycles. The number of piperidine rings is 1. The van der Waals surface area contributed by atoms with Crippen LogP contribution in [0.3, 0.4) is 0 Å². The van der Waals surface area contributed by atoms with E-state index < -0.39 is 0 Å². The first-order chi connectivity index (χ1) is 13.5. The summed E-state index contributed by atoms with van der Waals surface area (Å²) >= 11 is 13.4. The number of halogens is 2. The number of hydrogen-bond acceptors (Lipinski definition) is 6. The van der Waals surface area contributed by atoms with Crippen molar-refractivity contribution in [2.45, 2.75) is 55.5 Å². The summed E-state index contributed by atoms with van der Waals surface area (Å²) in [5, 5.41) is 12.8. The Balaban J connectivity index is 1.47. The highest BCUT2D eigenvalue weighted by Crippen LogP contribution is 2.42. The van der Waals surface area contributed by atoms with E-state index in [0.717, 1.165) is 37.0 Å². The van der Waals surface area contributed by atoms with Gasteiger partial charge in [-0.05, 0) is 45.1 Å². The number of nitrogens with zero attached hydrogens (tertiary/aromatic N) is 5. The van der Waals surface area contributed by atoms with Gasteiger partial charge in [-0.15, -0.1) is 10.2 Å². The van der Waals surface area contributed by atoms with Crippen LogP contribution in [-0.2, 0) is 4.79 Å². The Bertz CT molecular complexity index is 866. The summed E-state index contributed by atoms with van der Waals surface area (Å²) in [6.45, 7) is 3.88. The van der Waals surface area contributed by atoms with E-state index in [0.29, 0.717) is 21.9 Å². The molecule has 4 rings (SSSR count). The number of carbonyl (C=O) groups excluding carboxylic acids is 1. The van der Waals surface area contributed by atoms with Crippen molar-refractivity contribution < 1.29 is 4.79 Å². The van der Waals surface area contributed by atoms with Crippen molar-refractivity contribution in [3.8, 4) is 0 Å². The SMILES string of the molecule is CC(Sc1nnc(N2CCCCC2)n1C1CC1)C(=O)Nc1ncc(Cl)cc1Cl. The molecule has 10 heteroatoms. The van der Waals surface area contributed by atoms with Gasteiger partial charge in [0.15, 0.2) is 11.0 Å². The zero-order chi connectivity index (χ0) is 19.7. The van der Waals surface area contributed by atoms with Gasteiger partial charge in [-0.2, -0.15) is 0 Å². The van der Waals surface area contributed by atoms with Crippen molar-refractivity contribution in [3.05, 3.63) is 22.3 Å². The molecular weight excluding hydrogens is 419 g/mol. The van der Waals surface area contributed by atoms with E-state index in [2.05, 4.69) is 30.0 Å². The quantitative estimate of drug-likeness (QED) is 0.669. The lowest BCUT2D eigenvalue weighted by Crippen LogP contribution is -2.32. The van der Waals surface area contributed by atoms with Crippen molar-refractivity contribution in [1.82, 2.24) is 19.7 Å². The number of aromatic nitrogens is 4. The summed E-state index contributed by atoms with van der Waals surface area (Å²) in [5.74, 6) is 1.06. The Hall–Kier alpha value is -1.51. The summed E-state index contributed by atoms with van der Waals surface area (Å²) in [6, 6.07) is 2.00. The van der Waals surface area contributed by atoms with Crippen LogP contribution in [0.5, 0.6) is 0 Å². The van der Waals surface area contributed by atoms with Gasteiger partial charge >= 0.3 is 0 Å². The largest absolute Gasteiger partial charge is 0.341 e. The highest BCUT2D eigenvalue weighted by Gasteiger charge is 2.33. The first-order valence-electron chi connectivity index (χ1n) is 9.51. The van der Waals surface area contributed by atoms with E-state index in [-0.39, 0.29) is 11.2 Å². The Kier molecular flexibility index (Phi) is 5.99. The standard InChI is InChI=1S/C18H22Cl2N6OS/c1-11(16(27)22-15-14(20)9-12(19)10-21-15)28-18-24-23-17(26(18)13-5-6-13)25-7-3-2-4-8-25/h9-11,13H,2-8H2,1H3,(H,21,22,27). The normalized spacial score (nSPS) is 18.2. The molecule has 1 unspecified atom stereocenters. The number of anilines is 2. The van der Waals surface area contributed by atoms with E-state index in [1.165, 1.54) is 37.2 Å². The van der Waals surface area contributed by atoms with E-state index in [1.54, 1.807) is 6.07 Å². The first kappa shape index (κ1) is 19.8. The zero-order valence-electron chi connectivity index (χ0n) is 15.6. The van der Waals surface area contributed by atoms with Gasteiger partial charge in [0.2, 0.25) is 11.9 Å². The van der Waals surface area contributed by atoms with E-state index in [1.807, 2.05) is 6.92 Å². The Labute approximate surface area is 178 Å². The topological polar surface area (TPSA) is 75.9 Å². The molecule has 28 heavy (non-hydrogen) atoms. The lowest BCUT2D eigenvalue weighted by Gasteiger charge is -2.28. The molecule has 1 aliphatic carbocycles. The molecule has 1 saturated carbocycles. The number of thioether (sulfide) groups is 1. The average Bonchev–Trinajstić information content (AvgIpc) is 3.44. The summed E-state index contributed by atoms with van der Waals surface area (Å²) in [4.78, 5) is 19.0. The van der Waals surface area contributed by atoms with Crippen LogP contribution in [-0.4, -0.2) is 44.0 Å². The molecule has 150 valence electrons. The zero-order valence-corrected chi connectivity index (χ0v) is 17.9. The van der Waals surface area contributed by atoms with E-state index in [9.17, 15) is 4.79 Å². The molecule has 3 heterocycles. The average molecular weight is 441 g/mol. The van der Waals surface area contributed by atoms with Crippen molar-refractivity contribution in [1.29, 1.82) is 0 Å². The minimum Gasteiger partial charge on any atom is -0.341 e. The van der Waals surface area contributed by atoms with Crippen LogP contribution in [0, 0.1) is 0 Å². The van der Waals surface area contributed by atoms with E-state index in [4.69, 9.17) is 23.2 Å². The molecule has 0 bridgehead atoms. The first-order valence-corrected chi connectivity index (χ1v) is 11.1. The molecule has 2 aliphatic rings. The van der Waals surface area contributed by atoms with Crippen molar-refractivity contribution in [3.63, 3.8) is 0 Å². The number of rotatable bonds is 6. The van der Waals surface area contributed by atoms with Crippen molar-refractivity contribution in [2.24, 2.45) is 0 Å². The molecule has 1 N–H and O–H groups in total. The van der Waals surface area contributed by atoms with Crippen LogP contribution in [0.15, 0.2) is 17.4 Å². The van der Waals surface area contributed by atoms with Gasteiger partial charge in [-0.1, -0.05) is 35.0 Å². The summed E-state index contributed by atoms with van der Waals surface area (Å²) in [5.41, 5.74) is 0. The maximum absolute atomic E-state index is 12.6. The monoisotopic (exact) mass is 440 g/mol. The molecular formula is C18H22Cl2N6OS. The lowest BCUT2D eigenvalue weighted by molar-refractivity contribution is -0.115. The van der Waals surface area contributed by atoms with E-state index >= 15 is 0 Å². The Morgan fingerprint density at radius 1 is 1.25 bits per heavy atom. The number of carbonyl (C=O) groups is 1. The molecule has 2 fully saturated rings. The van der Waals surface area contributed by atoms with Crippen LogP contribution in [0.4, 0.5) is 11.8 Å². The minimum atomic E-state index is -0.371. The van der Waals surface area contributed by atoms with Crippen molar-refractivity contribution >= 4 is 52.6 Å². The van der Waals surface area contributed by atoms with Crippen LogP contribution < -0.4 is 10.2 Å². The third-order valence-electron chi connectivity index (χ3n) is 4.90. The lowest BCUT2D eigenvalue weighted by atomic mass is 10.1. The second kappa shape index (κ2) is 8.47. The van der Waals surface area contributed by atoms with Gasteiger partial charge in [0.25, 0.3) is 0 Å². The number of amides is 1. The van der Waals surface area contributed by atoms with Crippen LogP contribution >= 0.6 is 35.0 Å². The third-order valence-corrected chi connectivity index (χ3v) is 6.45. The molecule has 7 nitrogen and oxygen atoms in total. The highest BCUT2D eigenvalue weighted by atomic mass is 35.5. The number of nitrogens with one attached hydrogen (secondary N) is 1. The molecule has 0 spiro atoms. The second-order valence-electron chi connectivity index (χ2n) is 7.16. The van der Waals surface area contributed by atoms with Gasteiger partial charge in [-0.25, -0.2) is 4.98 Å². The van der Waals surface area contributed by atoms with Crippen LogP contribution in [0.1, 0.15) is 45.1 Å².